The Morgan fingerprint density at radius 3 is 3.08 bits per heavy atom. The first-order chi connectivity index (χ1) is 6.27. The van der Waals surface area contributed by atoms with Crippen LogP contribution in [0.5, 0.6) is 0 Å². The number of nitrogens with zero attached hydrogens (tertiary/aromatic N) is 1. The lowest BCUT2D eigenvalue weighted by atomic mass is 10.2. The van der Waals surface area contributed by atoms with E-state index in [9.17, 15) is 4.79 Å². The molecule has 70 valence electrons. The van der Waals surface area contributed by atoms with Crippen LogP contribution in [-0.2, 0) is 4.74 Å². The molecule has 0 aromatic heterocycles. The number of alkyl carbamates (subject to hydrolysis) is 1. The number of carbonyl (C=O) groups is 1. The van der Waals surface area contributed by atoms with Crippen molar-refractivity contribution >= 4 is 6.09 Å². The Hall–Kier alpha value is -1.50. The zero-order chi connectivity index (χ0) is 9.68. The van der Waals surface area contributed by atoms with Crippen molar-refractivity contribution in [1.82, 2.24) is 5.32 Å². The molecular formula is C9H12N2O2. The maximum Gasteiger partial charge on any atom is 0.411 e. The van der Waals surface area contributed by atoms with Gasteiger partial charge in [0.05, 0.1) is 12.7 Å². The molecule has 0 aromatic rings. The predicted molar refractivity (Wildman–Crippen MR) is 46.6 cm³/mol. The summed E-state index contributed by atoms with van der Waals surface area (Å²) in [5, 5.41) is 11.3. The number of carbonyl (C=O) groups excluding carboxylic acids is 1. The van der Waals surface area contributed by atoms with Crippen molar-refractivity contribution in [1.29, 1.82) is 5.26 Å². The molecule has 1 aliphatic rings. The molecule has 0 aliphatic heterocycles. The summed E-state index contributed by atoms with van der Waals surface area (Å²) in [7, 11) is 0. The summed E-state index contributed by atoms with van der Waals surface area (Å²) in [6, 6.07) is 2.07. The summed E-state index contributed by atoms with van der Waals surface area (Å²) in [4.78, 5) is 11.0. The van der Waals surface area contributed by atoms with Crippen LogP contribution in [0.25, 0.3) is 0 Å². The highest BCUT2D eigenvalue weighted by atomic mass is 16.5. The van der Waals surface area contributed by atoms with Gasteiger partial charge in [0.2, 0.25) is 0 Å². The van der Waals surface area contributed by atoms with Crippen molar-refractivity contribution < 1.29 is 9.53 Å². The first-order valence-corrected chi connectivity index (χ1v) is 4.33. The van der Waals surface area contributed by atoms with Crippen LogP contribution >= 0.6 is 0 Å². The minimum Gasteiger partial charge on any atom is -0.450 e. The van der Waals surface area contributed by atoms with E-state index in [0.29, 0.717) is 12.2 Å². The number of allylic oxidation sites excluding steroid dienone is 2. The van der Waals surface area contributed by atoms with Crippen LogP contribution in [0, 0.1) is 11.3 Å². The molecule has 0 aromatic carbocycles. The molecule has 13 heavy (non-hydrogen) atoms. The normalized spacial score (nSPS) is 15.4. The fourth-order valence-corrected chi connectivity index (χ4v) is 1.30. The third kappa shape index (κ3) is 2.48. The lowest BCUT2D eigenvalue weighted by Crippen LogP contribution is -2.23. The molecule has 4 nitrogen and oxygen atoms in total. The smallest absolute Gasteiger partial charge is 0.411 e. The third-order valence-corrected chi connectivity index (χ3v) is 1.88. The number of hydrogen-bond donors (Lipinski definition) is 1. The molecular weight excluding hydrogens is 168 g/mol. The van der Waals surface area contributed by atoms with Gasteiger partial charge in [-0.15, -0.1) is 0 Å². The Balaban J connectivity index is 2.53. The Bertz CT molecular complexity index is 276. The quantitative estimate of drug-likeness (QED) is 0.703. The van der Waals surface area contributed by atoms with Gasteiger partial charge >= 0.3 is 6.09 Å². The number of hydrogen-bond acceptors (Lipinski definition) is 3. The van der Waals surface area contributed by atoms with E-state index in [1.54, 1.807) is 6.92 Å². The summed E-state index contributed by atoms with van der Waals surface area (Å²) in [5.41, 5.74) is 1.40. The molecule has 1 amide bonds. The Morgan fingerprint density at radius 2 is 2.46 bits per heavy atom. The predicted octanol–water partition coefficient (Wildman–Crippen LogP) is 1.69. The van der Waals surface area contributed by atoms with Crippen molar-refractivity contribution in [2.45, 2.75) is 26.2 Å². The molecule has 0 spiro atoms. The standard InChI is InChI=1S/C9H12N2O2/c1-2-13-9(12)11-8-5-3-4-7(8)6-10/h2-5H2,1H3,(H,11,12). The summed E-state index contributed by atoms with van der Waals surface area (Å²) in [6.45, 7) is 2.09. The molecule has 0 saturated carbocycles. The topological polar surface area (TPSA) is 62.1 Å². The second kappa shape index (κ2) is 4.51. The molecule has 1 aliphatic carbocycles. The Morgan fingerprint density at radius 1 is 1.69 bits per heavy atom. The monoisotopic (exact) mass is 180 g/mol. The summed E-state index contributed by atoms with van der Waals surface area (Å²) < 4.78 is 4.70. The first-order valence-electron chi connectivity index (χ1n) is 4.33. The fraction of sp³-hybridized carbons (Fsp3) is 0.556. The van der Waals surface area contributed by atoms with Gasteiger partial charge in [-0.05, 0) is 26.2 Å². The van der Waals surface area contributed by atoms with E-state index >= 15 is 0 Å². The number of nitrogens with one attached hydrogen (secondary N) is 1. The summed E-state index contributed by atoms with van der Waals surface area (Å²) in [6.07, 6.45) is 2.00. The highest BCUT2D eigenvalue weighted by Crippen LogP contribution is 2.22. The van der Waals surface area contributed by atoms with Gasteiger partial charge in [-0.3, -0.25) is 5.32 Å². The molecule has 0 saturated heterocycles. The minimum absolute atomic E-state index is 0.348. The lowest BCUT2D eigenvalue weighted by molar-refractivity contribution is 0.155. The summed E-state index contributed by atoms with van der Waals surface area (Å²) in [5.74, 6) is 0. The third-order valence-electron chi connectivity index (χ3n) is 1.88. The molecule has 0 radical (unpaired) electrons. The zero-order valence-electron chi connectivity index (χ0n) is 7.59. The number of ether oxygens (including phenoxy) is 1. The number of amides is 1. The van der Waals surface area contributed by atoms with Crippen LogP contribution in [0.1, 0.15) is 26.2 Å². The minimum atomic E-state index is -0.466. The van der Waals surface area contributed by atoms with Crippen molar-refractivity contribution in [3.63, 3.8) is 0 Å². The number of rotatable bonds is 2. The molecule has 1 rings (SSSR count). The maximum atomic E-state index is 11.0. The van der Waals surface area contributed by atoms with Gasteiger partial charge in [0.15, 0.2) is 0 Å². The van der Waals surface area contributed by atoms with Crippen molar-refractivity contribution in [3.05, 3.63) is 11.3 Å². The van der Waals surface area contributed by atoms with Crippen LogP contribution in [-0.4, -0.2) is 12.7 Å². The molecule has 0 bridgehead atoms. The first kappa shape index (κ1) is 9.59. The van der Waals surface area contributed by atoms with E-state index in [1.807, 2.05) is 0 Å². The highest BCUT2D eigenvalue weighted by molar-refractivity contribution is 5.70. The average molecular weight is 180 g/mol. The van der Waals surface area contributed by atoms with Gasteiger partial charge < -0.3 is 4.74 Å². The van der Waals surface area contributed by atoms with Crippen LogP contribution in [0.4, 0.5) is 4.79 Å². The van der Waals surface area contributed by atoms with Crippen molar-refractivity contribution in [2.24, 2.45) is 0 Å². The van der Waals surface area contributed by atoms with Crippen molar-refractivity contribution in [3.8, 4) is 6.07 Å². The van der Waals surface area contributed by atoms with Crippen LogP contribution in [0.15, 0.2) is 11.3 Å². The van der Waals surface area contributed by atoms with Crippen molar-refractivity contribution in [2.75, 3.05) is 6.61 Å². The molecule has 0 unspecified atom stereocenters. The van der Waals surface area contributed by atoms with Gasteiger partial charge in [0, 0.05) is 11.3 Å². The lowest BCUT2D eigenvalue weighted by Gasteiger charge is -2.05. The second-order valence-electron chi connectivity index (χ2n) is 2.77. The van der Waals surface area contributed by atoms with Gasteiger partial charge in [-0.2, -0.15) is 5.26 Å². The molecule has 0 fully saturated rings. The van der Waals surface area contributed by atoms with Crippen LogP contribution in [0.3, 0.4) is 0 Å². The van der Waals surface area contributed by atoms with E-state index < -0.39 is 6.09 Å². The largest absolute Gasteiger partial charge is 0.450 e. The summed E-state index contributed by atoms with van der Waals surface area (Å²) >= 11 is 0. The van der Waals surface area contributed by atoms with E-state index in [2.05, 4.69) is 11.4 Å². The number of nitriles is 1. The van der Waals surface area contributed by atoms with E-state index in [4.69, 9.17) is 10.00 Å². The van der Waals surface area contributed by atoms with E-state index in [0.717, 1.165) is 25.0 Å². The average Bonchev–Trinajstić information content (AvgIpc) is 2.52. The Kier molecular flexibility index (Phi) is 3.32. The molecule has 1 N–H and O–H groups in total. The maximum absolute atomic E-state index is 11.0. The van der Waals surface area contributed by atoms with Gasteiger partial charge in [0.1, 0.15) is 0 Å². The zero-order valence-corrected chi connectivity index (χ0v) is 7.59. The van der Waals surface area contributed by atoms with Gasteiger partial charge in [-0.1, -0.05) is 0 Å². The molecule has 0 heterocycles. The van der Waals surface area contributed by atoms with Gasteiger partial charge in [0.25, 0.3) is 0 Å². The van der Waals surface area contributed by atoms with Gasteiger partial charge in [-0.25, -0.2) is 4.79 Å². The van der Waals surface area contributed by atoms with E-state index in [1.165, 1.54) is 0 Å². The van der Waals surface area contributed by atoms with E-state index in [-0.39, 0.29) is 0 Å². The molecule has 4 heteroatoms. The Labute approximate surface area is 77.2 Å². The molecule has 0 atom stereocenters. The fourth-order valence-electron chi connectivity index (χ4n) is 1.30. The SMILES string of the molecule is CCOC(=O)NC1=C(C#N)CCC1. The second-order valence-corrected chi connectivity index (χ2v) is 2.77. The van der Waals surface area contributed by atoms with Crippen LogP contribution in [0.2, 0.25) is 0 Å². The van der Waals surface area contributed by atoms with Crippen LogP contribution < -0.4 is 5.32 Å². The highest BCUT2D eigenvalue weighted by Gasteiger charge is 2.16.